The van der Waals surface area contributed by atoms with Gasteiger partial charge < -0.3 is 47.4 Å². The highest BCUT2D eigenvalue weighted by Gasteiger charge is 2.61. The molecule has 2 fully saturated rings. The molecule has 1 spiro atoms. The molecule has 2 saturated heterocycles. The molecule has 0 N–H and O–H groups in total. The Labute approximate surface area is 280 Å². The van der Waals surface area contributed by atoms with Crippen molar-refractivity contribution in [3.8, 4) is 0 Å². The summed E-state index contributed by atoms with van der Waals surface area (Å²) in [6.07, 6.45) is -2.99. The minimum absolute atomic E-state index is 0.0120. The standard InChI is InChI=1S/C34H36O15/c1-16(43-17(2)35)22-13-34(49-30(22)39)12-11-21-23(29(38)40-5)14-41-32(25(21)34)48-33-28(45-19(4)37)27(44-18(3)36)26-24(46-33)15-42-31(47-26)20-9-7-6-8-10-20/h6-14,16,21,24-28,31-33H,15H2,1-5H3/t16-,21+,24+,25+,26+,27-,28+,31?,32+,33-,34?/m0/s1. The van der Waals surface area contributed by atoms with E-state index in [1.54, 1.807) is 12.2 Å². The molecule has 15 heteroatoms. The second-order valence-electron chi connectivity index (χ2n) is 12.1. The minimum atomic E-state index is -1.52. The first-order chi connectivity index (χ1) is 23.4. The molecule has 0 bridgehead atoms. The topological polar surface area (TPSA) is 178 Å². The van der Waals surface area contributed by atoms with Crippen LogP contribution in [-0.2, 0) is 71.3 Å². The maximum absolute atomic E-state index is 13.1. The van der Waals surface area contributed by atoms with Crippen molar-refractivity contribution in [2.24, 2.45) is 11.8 Å². The van der Waals surface area contributed by atoms with Gasteiger partial charge in [0.15, 0.2) is 24.1 Å². The summed E-state index contributed by atoms with van der Waals surface area (Å²) in [4.78, 5) is 62.4. The lowest BCUT2D eigenvalue weighted by atomic mass is 9.78. The quantitative estimate of drug-likeness (QED) is 0.221. The van der Waals surface area contributed by atoms with Crippen LogP contribution in [0.3, 0.4) is 0 Å². The van der Waals surface area contributed by atoms with Crippen molar-refractivity contribution in [2.45, 2.75) is 82.7 Å². The molecule has 15 nitrogen and oxygen atoms in total. The highest BCUT2D eigenvalue weighted by atomic mass is 16.8. The summed E-state index contributed by atoms with van der Waals surface area (Å²) in [5, 5.41) is 0. The van der Waals surface area contributed by atoms with Crippen LogP contribution in [0.2, 0.25) is 0 Å². The van der Waals surface area contributed by atoms with Crippen molar-refractivity contribution in [1.29, 1.82) is 0 Å². The number of benzene rings is 1. The maximum Gasteiger partial charge on any atom is 0.338 e. The number of esters is 5. The third-order valence-electron chi connectivity index (χ3n) is 8.77. The molecule has 49 heavy (non-hydrogen) atoms. The van der Waals surface area contributed by atoms with Crippen LogP contribution in [0.5, 0.6) is 0 Å². The summed E-state index contributed by atoms with van der Waals surface area (Å²) in [6, 6.07) is 9.10. The molecule has 2 unspecified atom stereocenters. The van der Waals surface area contributed by atoms with E-state index >= 15 is 0 Å². The van der Waals surface area contributed by atoms with Crippen LogP contribution in [0, 0.1) is 11.8 Å². The Hall–Kier alpha value is -4.57. The van der Waals surface area contributed by atoms with Crippen molar-refractivity contribution >= 4 is 29.8 Å². The Morgan fingerprint density at radius 1 is 0.939 bits per heavy atom. The molecular formula is C34H36O15. The fourth-order valence-electron chi connectivity index (χ4n) is 6.77. The van der Waals surface area contributed by atoms with Gasteiger partial charge in [-0.3, -0.25) is 14.4 Å². The van der Waals surface area contributed by atoms with Crippen LogP contribution < -0.4 is 0 Å². The molecule has 0 saturated carbocycles. The van der Waals surface area contributed by atoms with Gasteiger partial charge in [-0.15, -0.1) is 0 Å². The zero-order valence-corrected chi connectivity index (χ0v) is 27.3. The van der Waals surface area contributed by atoms with Crippen LogP contribution >= 0.6 is 0 Å². The molecule has 262 valence electrons. The molecule has 0 aromatic heterocycles. The van der Waals surface area contributed by atoms with E-state index in [1.807, 2.05) is 30.3 Å². The highest BCUT2D eigenvalue weighted by molar-refractivity contribution is 5.94. The Kier molecular flexibility index (Phi) is 9.62. The smallest absolute Gasteiger partial charge is 0.338 e. The number of carbonyl (C=O) groups is 5. The molecule has 6 rings (SSSR count). The Balaban J connectivity index is 1.34. The summed E-state index contributed by atoms with van der Waals surface area (Å²) in [6.45, 7) is 5.11. The van der Waals surface area contributed by atoms with Gasteiger partial charge in [0, 0.05) is 32.3 Å². The largest absolute Gasteiger partial charge is 0.471 e. The lowest BCUT2D eigenvalue weighted by Gasteiger charge is -2.49. The van der Waals surface area contributed by atoms with Crippen molar-refractivity contribution in [1.82, 2.24) is 0 Å². The fourth-order valence-corrected chi connectivity index (χ4v) is 6.77. The zero-order valence-electron chi connectivity index (χ0n) is 27.3. The zero-order chi connectivity index (χ0) is 35.0. The summed E-state index contributed by atoms with van der Waals surface area (Å²) in [5.41, 5.74) is -0.623. The second-order valence-corrected chi connectivity index (χ2v) is 12.1. The maximum atomic E-state index is 13.1. The van der Waals surface area contributed by atoms with Crippen LogP contribution in [-0.4, -0.2) is 92.3 Å². The first-order valence-corrected chi connectivity index (χ1v) is 15.6. The predicted molar refractivity (Wildman–Crippen MR) is 160 cm³/mol. The number of hydrogen-bond acceptors (Lipinski definition) is 15. The number of rotatable bonds is 8. The van der Waals surface area contributed by atoms with Gasteiger partial charge >= 0.3 is 29.8 Å². The van der Waals surface area contributed by atoms with Gasteiger partial charge in [0.25, 0.3) is 0 Å². The van der Waals surface area contributed by atoms with Crippen molar-refractivity contribution in [3.63, 3.8) is 0 Å². The van der Waals surface area contributed by atoms with Gasteiger partial charge in [0.2, 0.25) is 12.6 Å². The van der Waals surface area contributed by atoms with Crippen LogP contribution in [0.15, 0.2) is 66.0 Å². The average Bonchev–Trinajstić information content (AvgIpc) is 3.61. The molecule has 4 heterocycles. The Bertz CT molecular complexity index is 1580. The van der Waals surface area contributed by atoms with E-state index in [9.17, 15) is 24.0 Å². The summed E-state index contributed by atoms with van der Waals surface area (Å²) < 4.78 is 58.3. The van der Waals surface area contributed by atoms with Gasteiger partial charge in [-0.25, -0.2) is 9.59 Å². The van der Waals surface area contributed by atoms with Gasteiger partial charge in [0.05, 0.1) is 37.0 Å². The third-order valence-corrected chi connectivity index (χ3v) is 8.77. The Morgan fingerprint density at radius 2 is 1.65 bits per heavy atom. The summed E-state index contributed by atoms with van der Waals surface area (Å²) in [5.74, 6) is -5.14. The Morgan fingerprint density at radius 3 is 2.33 bits per heavy atom. The van der Waals surface area contributed by atoms with E-state index < -0.39 is 96.7 Å². The molecule has 1 aromatic carbocycles. The summed E-state index contributed by atoms with van der Waals surface area (Å²) >= 11 is 0. The molecule has 1 aliphatic carbocycles. The van der Waals surface area contributed by atoms with Crippen molar-refractivity contribution in [2.75, 3.05) is 13.7 Å². The van der Waals surface area contributed by atoms with E-state index in [-0.39, 0.29) is 17.8 Å². The number of hydrogen-bond donors (Lipinski definition) is 0. The monoisotopic (exact) mass is 684 g/mol. The minimum Gasteiger partial charge on any atom is -0.471 e. The van der Waals surface area contributed by atoms with Gasteiger partial charge in [0.1, 0.15) is 18.3 Å². The second kappa shape index (κ2) is 13.7. The van der Waals surface area contributed by atoms with E-state index in [2.05, 4.69) is 0 Å². The van der Waals surface area contributed by atoms with E-state index in [0.717, 1.165) is 0 Å². The van der Waals surface area contributed by atoms with Crippen molar-refractivity contribution < 1.29 is 71.3 Å². The highest BCUT2D eigenvalue weighted by Crippen LogP contribution is 2.51. The lowest BCUT2D eigenvalue weighted by molar-refractivity contribution is -0.382. The van der Waals surface area contributed by atoms with Gasteiger partial charge in [-0.05, 0) is 19.1 Å². The van der Waals surface area contributed by atoms with Crippen LogP contribution in [0.1, 0.15) is 39.5 Å². The SMILES string of the molecule is COC(=O)C1=CO[C@H](O[C@@H]2O[C@@H]3COC(c4ccccc4)O[C@H]3[C@H](OC(C)=O)[C@H]2OC(C)=O)[C@H]2[C@@H]1C=CC21C=C([C@H](C)OC(C)=O)C(=O)O1. The van der Waals surface area contributed by atoms with Gasteiger partial charge in [-0.1, -0.05) is 36.4 Å². The van der Waals surface area contributed by atoms with Crippen molar-refractivity contribution in [3.05, 3.63) is 71.5 Å². The number of allylic oxidation sites excluding steroid dienone is 1. The van der Waals surface area contributed by atoms with Crippen LogP contribution in [0.4, 0.5) is 0 Å². The fraction of sp³-hybridized carbons (Fsp3) is 0.500. The molecule has 5 aliphatic rings. The molecule has 11 atom stereocenters. The lowest BCUT2D eigenvalue weighted by Crippen LogP contribution is -2.65. The number of methoxy groups -OCH3 is 1. The third kappa shape index (κ3) is 6.71. The average molecular weight is 685 g/mol. The van der Waals surface area contributed by atoms with E-state index in [4.69, 9.17) is 47.4 Å². The predicted octanol–water partition coefficient (Wildman–Crippen LogP) is 2.09. The first kappa shape index (κ1) is 34.3. The normalized spacial score (nSPS) is 35.0. The van der Waals surface area contributed by atoms with E-state index in [0.29, 0.717) is 5.56 Å². The number of carbonyl (C=O) groups excluding carboxylic acids is 5. The molecular weight excluding hydrogens is 648 g/mol. The number of ether oxygens (including phenoxy) is 10. The van der Waals surface area contributed by atoms with Crippen LogP contribution in [0.25, 0.3) is 0 Å². The molecule has 0 radical (unpaired) electrons. The molecule has 4 aliphatic heterocycles. The first-order valence-electron chi connectivity index (χ1n) is 15.6. The molecule has 1 aromatic rings. The van der Waals surface area contributed by atoms with Gasteiger partial charge in [-0.2, -0.15) is 0 Å². The summed E-state index contributed by atoms with van der Waals surface area (Å²) in [7, 11) is 1.21. The molecule has 0 amide bonds. The number of fused-ring (bicyclic) bond motifs is 3. The van der Waals surface area contributed by atoms with E-state index in [1.165, 1.54) is 47.1 Å².